The Balaban J connectivity index is 3.33. The van der Waals surface area contributed by atoms with Gasteiger partial charge in [0.25, 0.3) is 0 Å². The molecule has 0 fully saturated rings. The number of alkyl halides is 3. The van der Waals surface area contributed by atoms with E-state index in [9.17, 15) is 22.4 Å². The highest BCUT2D eigenvalue weighted by Gasteiger charge is 2.35. The topological polar surface area (TPSA) is 17.1 Å². The molecule has 1 rings (SSSR count). The lowest BCUT2D eigenvalue weighted by molar-refractivity contribution is -0.140. The molecule has 1 nitrogen and oxygen atoms in total. The Morgan fingerprint density at radius 2 is 1.87 bits per heavy atom. The third-order valence-corrected chi connectivity index (χ3v) is 1.68. The molecule has 0 atom stereocenters. The fourth-order valence-electron chi connectivity index (χ4n) is 1.12. The zero-order valence-corrected chi connectivity index (χ0v) is 7.38. The molecule has 0 spiro atoms. The van der Waals surface area contributed by atoms with Gasteiger partial charge < -0.3 is 0 Å². The highest BCUT2D eigenvalue weighted by Crippen LogP contribution is 2.34. The maximum Gasteiger partial charge on any atom is 0.419 e. The second-order valence-electron chi connectivity index (χ2n) is 2.70. The van der Waals surface area contributed by atoms with E-state index in [2.05, 4.69) is 0 Å². The van der Waals surface area contributed by atoms with Gasteiger partial charge in [0.15, 0.2) is 0 Å². The van der Waals surface area contributed by atoms with Crippen molar-refractivity contribution in [1.29, 1.82) is 0 Å². The smallest absolute Gasteiger partial charge is 0.299 e. The van der Waals surface area contributed by atoms with Crippen LogP contribution in [0.2, 0.25) is 0 Å². The molecule has 0 heterocycles. The summed E-state index contributed by atoms with van der Waals surface area (Å²) in [6.45, 7) is 0. The van der Waals surface area contributed by atoms with Gasteiger partial charge in [-0.05, 0) is 17.7 Å². The van der Waals surface area contributed by atoms with E-state index in [1.807, 2.05) is 0 Å². The maximum atomic E-state index is 12.9. The molecule has 0 bridgehead atoms. The van der Waals surface area contributed by atoms with Crippen LogP contribution in [0.25, 0.3) is 6.08 Å². The first-order valence-corrected chi connectivity index (χ1v) is 3.94. The number of benzene rings is 1. The van der Waals surface area contributed by atoms with Crippen molar-refractivity contribution < 1.29 is 22.4 Å². The van der Waals surface area contributed by atoms with E-state index in [-0.39, 0.29) is 5.56 Å². The fraction of sp³-hybridized carbons (Fsp3) is 0.100. The third-order valence-electron chi connectivity index (χ3n) is 1.68. The molecule has 0 saturated carbocycles. The van der Waals surface area contributed by atoms with Crippen LogP contribution in [0.15, 0.2) is 24.3 Å². The lowest BCUT2D eigenvalue weighted by Gasteiger charge is -2.10. The number of carbonyl (C=O) groups is 1. The summed E-state index contributed by atoms with van der Waals surface area (Å²) in [6, 6.07) is 2.96. The van der Waals surface area contributed by atoms with Crippen LogP contribution in [0.5, 0.6) is 0 Å². The summed E-state index contributed by atoms with van der Waals surface area (Å²) in [6.07, 6.45) is -2.65. The van der Waals surface area contributed by atoms with Gasteiger partial charge in [0, 0.05) is 0 Å². The van der Waals surface area contributed by atoms with Gasteiger partial charge in [-0.25, -0.2) is 4.39 Å². The molecule has 80 valence electrons. The van der Waals surface area contributed by atoms with E-state index in [0.29, 0.717) is 6.29 Å². The molecule has 0 amide bonds. The zero-order valence-electron chi connectivity index (χ0n) is 7.38. The molecule has 0 unspecified atom stereocenters. The molecule has 15 heavy (non-hydrogen) atoms. The normalized spacial score (nSPS) is 12.0. The molecule has 1 aromatic rings. The number of rotatable bonds is 2. The average Bonchev–Trinajstić information content (AvgIpc) is 2.12. The van der Waals surface area contributed by atoms with Crippen LogP contribution in [0.1, 0.15) is 11.1 Å². The molecule has 5 heteroatoms. The van der Waals surface area contributed by atoms with Crippen LogP contribution in [0, 0.1) is 5.82 Å². The molecule has 0 saturated heterocycles. The Labute approximate surface area is 83.0 Å². The minimum atomic E-state index is -4.77. The second kappa shape index (κ2) is 4.25. The van der Waals surface area contributed by atoms with Crippen LogP contribution in [0.4, 0.5) is 17.6 Å². The standard InChI is InChI=1S/C10H6F4O/c11-8-5-1-3-7(4-2-6-15)9(8)10(12,13)14/h1-6H. The Hall–Kier alpha value is -1.65. The lowest BCUT2D eigenvalue weighted by Crippen LogP contribution is -2.10. The molecule has 0 aromatic heterocycles. The fourth-order valence-corrected chi connectivity index (χ4v) is 1.12. The van der Waals surface area contributed by atoms with Crippen molar-refractivity contribution in [3.05, 3.63) is 41.2 Å². The average molecular weight is 218 g/mol. The number of allylic oxidation sites excluding steroid dienone is 1. The van der Waals surface area contributed by atoms with Gasteiger partial charge in [-0.2, -0.15) is 13.2 Å². The Morgan fingerprint density at radius 1 is 1.20 bits per heavy atom. The number of hydrogen-bond acceptors (Lipinski definition) is 1. The van der Waals surface area contributed by atoms with Crippen LogP contribution in [-0.4, -0.2) is 6.29 Å². The molecular weight excluding hydrogens is 212 g/mol. The summed E-state index contributed by atoms with van der Waals surface area (Å²) in [4.78, 5) is 9.96. The number of hydrogen-bond donors (Lipinski definition) is 0. The van der Waals surface area contributed by atoms with Gasteiger partial charge >= 0.3 is 6.18 Å². The van der Waals surface area contributed by atoms with Crippen LogP contribution in [-0.2, 0) is 11.0 Å². The quantitative estimate of drug-likeness (QED) is 0.423. The summed E-state index contributed by atoms with van der Waals surface area (Å²) in [5.41, 5.74) is -1.72. The van der Waals surface area contributed by atoms with E-state index >= 15 is 0 Å². The van der Waals surface area contributed by atoms with E-state index in [0.717, 1.165) is 30.4 Å². The van der Waals surface area contributed by atoms with Crippen molar-refractivity contribution in [2.45, 2.75) is 6.18 Å². The van der Waals surface area contributed by atoms with Gasteiger partial charge in [-0.3, -0.25) is 4.79 Å². The van der Waals surface area contributed by atoms with Gasteiger partial charge in [-0.1, -0.05) is 18.2 Å². The molecule has 0 radical (unpaired) electrons. The van der Waals surface area contributed by atoms with E-state index in [1.54, 1.807) is 0 Å². The van der Waals surface area contributed by atoms with Gasteiger partial charge in [0.05, 0.1) is 5.56 Å². The predicted molar refractivity (Wildman–Crippen MR) is 46.5 cm³/mol. The number of halogens is 4. The number of aldehydes is 1. The molecule has 0 aliphatic rings. The van der Waals surface area contributed by atoms with Crippen molar-refractivity contribution >= 4 is 12.4 Å². The Kier molecular flexibility index (Phi) is 3.24. The zero-order chi connectivity index (χ0) is 11.5. The molecular formula is C10H6F4O. The molecule has 0 N–H and O–H groups in total. The number of carbonyl (C=O) groups excluding carboxylic acids is 1. The van der Waals surface area contributed by atoms with Gasteiger partial charge in [-0.15, -0.1) is 0 Å². The predicted octanol–water partition coefficient (Wildman–Crippen LogP) is 3.06. The molecule has 0 aliphatic carbocycles. The summed E-state index contributed by atoms with van der Waals surface area (Å²) >= 11 is 0. The SMILES string of the molecule is O=CC=Cc1cccc(F)c1C(F)(F)F. The van der Waals surface area contributed by atoms with E-state index in [4.69, 9.17) is 0 Å². The van der Waals surface area contributed by atoms with Crippen molar-refractivity contribution in [2.24, 2.45) is 0 Å². The van der Waals surface area contributed by atoms with Crippen molar-refractivity contribution in [1.82, 2.24) is 0 Å². The van der Waals surface area contributed by atoms with Crippen LogP contribution in [0.3, 0.4) is 0 Å². The van der Waals surface area contributed by atoms with E-state index < -0.39 is 17.6 Å². The monoisotopic (exact) mass is 218 g/mol. The first kappa shape index (κ1) is 11.4. The van der Waals surface area contributed by atoms with E-state index in [1.165, 1.54) is 0 Å². The minimum absolute atomic E-state index is 0.324. The van der Waals surface area contributed by atoms with Crippen molar-refractivity contribution in [3.8, 4) is 0 Å². The highest BCUT2D eigenvalue weighted by atomic mass is 19.4. The first-order valence-electron chi connectivity index (χ1n) is 3.94. The summed E-state index contributed by atoms with van der Waals surface area (Å²) in [7, 11) is 0. The van der Waals surface area contributed by atoms with Gasteiger partial charge in [0.1, 0.15) is 12.1 Å². The summed E-state index contributed by atoms with van der Waals surface area (Å²) in [5, 5.41) is 0. The third kappa shape index (κ3) is 2.65. The highest BCUT2D eigenvalue weighted by molar-refractivity contribution is 5.74. The van der Waals surface area contributed by atoms with Crippen molar-refractivity contribution in [3.63, 3.8) is 0 Å². The maximum absolute atomic E-state index is 12.9. The second-order valence-corrected chi connectivity index (χ2v) is 2.70. The molecule has 1 aromatic carbocycles. The lowest BCUT2D eigenvalue weighted by atomic mass is 10.1. The van der Waals surface area contributed by atoms with Crippen molar-refractivity contribution in [2.75, 3.05) is 0 Å². The summed E-state index contributed by atoms with van der Waals surface area (Å²) in [5.74, 6) is -1.35. The summed E-state index contributed by atoms with van der Waals surface area (Å²) < 4.78 is 50.1. The molecule has 0 aliphatic heterocycles. The van der Waals surface area contributed by atoms with Crippen LogP contribution < -0.4 is 0 Å². The Bertz CT molecular complexity index is 393. The largest absolute Gasteiger partial charge is 0.419 e. The first-order chi connectivity index (χ1) is 6.96. The van der Waals surface area contributed by atoms with Crippen LogP contribution >= 0.6 is 0 Å². The minimum Gasteiger partial charge on any atom is -0.299 e. The van der Waals surface area contributed by atoms with Gasteiger partial charge in [0.2, 0.25) is 0 Å². The Morgan fingerprint density at radius 3 is 2.40 bits per heavy atom.